The Morgan fingerprint density at radius 3 is 2.68 bits per heavy atom. The molecule has 0 saturated carbocycles. The molecule has 0 spiro atoms. The number of aromatic nitrogens is 1. The maximum Gasteiger partial charge on any atom is 0.335 e. The Kier molecular flexibility index (Phi) is 4.77. The molecule has 0 aliphatic rings. The van der Waals surface area contributed by atoms with Crippen LogP contribution in [0.15, 0.2) is 34.8 Å². The molecule has 7 heteroatoms. The molecule has 5 nitrogen and oxygen atoms in total. The first-order valence-electron chi connectivity index (χ1n) is 6.06. The lowest BCUT2D eigenvalue weighted by Gasteiger charge is -2.05. The number of hydrogen-bond acceptors (Lipinski definition) is 4. The summed E-state index contributed by atoms with van der Waals surface area (Å²) in [6.45, 7) is 0. The Bertz CT molecular complexity index is 761. The van der Waals surface area contributed by atoms with Crippen LogP contribution in [-0.4, -0.2) is 28.3 Å². The van der Waals surface area contributed by atoms with E-state index in [2.05, 4.69) is 20.9 Å². The molecule has 1 aromatic heterocycles. The minimum atomic E-state index is -1.21. The van der Waals surface area contributed by atoms with Crippen molar-refractivity contribution in [3.05, 3.63) is 51.6 Å². The number of halogens is 2. The summed E-state index contributed by atoms with van der Waals surface area (Å²) < 4.78 is 19.8. The van der Waals surface area contributed by atoms with E-state index in [-0.39, 0.29) is 16.8 Å². The zero-order valence-corrected chi connectivity index (χ0v) is 13.0. The van der Waals surface area contributed by atoms with Gasteiger partial charge in [-0.2, -0.15) is 0 Å². The number of carboxylic acids is 1. The molecule has 0 fully saturated rings. The van der Waals surface area contributed by atoms with E-state index in [1.54, 1.807) is 12.1 Å². The summed E-state index contributed by atoms with van der Waals surface area (Å²) >= 11 is 3.24. The highest BCUT2D eigenvalue weighted by atomic mass is 79.9. The molecule has 0 saturated heterocycles. The van der Waals surface area contributed by atoms with Gasteiger partial charge in [0.2, 0.25) is 5.88 Å². The summed E-state index contributed by atoms with van der Waals surface area (Å²) in [4.78, 5) is 14.9. The van der Waals surface area contributed by atoms with Gasteiger partial charge < -0.3 is 14.9 Å². The molecule has 114 valence electrons. The average molecular weight is 368 g/mol. The Balaban J connectivity index is 2.43. The summed E-state index contributed by atoms with van der Waals surface area (Å²) in [5.41, 5.74) is 0.0230. The topological polar surface area (TPSA) is 79.7 Å². The number of carboxylic acid groups (broad SMARTS) is 1. The van der Waals surface area contributed by atoms with Crippen molar-refractivity contribution in [2.45, 2.75) is 0 Å². The zero-order chi connectivity index (χ0) is 16.3. The van der Waals surface area contributed by atoms with E-state index in [4.69, 9.17) is 9.84 Å². The van der Waals surface area contributed by atoms with Crippen molar-refractivity contribution in [1.29, 1.82) is 0 Å². The Labute approximate surface area is 133 Å². The van der Waals surface area contributed by atoms with Gasteiger partial charge in [0.1, 0.15) is 11.6 Å². The van der Waals surface area contributed by atoms with Crippen LogP contribution in [0.25, 0.3) is 11.9 Å². The van der Waals surface area contributed by atoms with E-state index in [0.717, 1.165) is 12.1 Å². The van der Waals surface area contributed by atoms with Crippen LogP contribution >= 0.6 is 15.9 Å². The molecule has 0 bridgehead atoms. The predicted octanol–water partition coefficient (Wildman–Crippen LogP) is 3.72. The number of benzene rings is 1. The van der Waals surface area contributed by atoms with Crippen LogP contribution in [0.4, 0.5) is 4.39 Å². The van der Waals surface area contributed by atoms with Crippen molar-refractivity contribution >= 4 is 33.8 Å². The van der Waals surface area contributed by atoms with Gasteiger partial charge in [0, 0.05) is 16.6 Å². The van der Waals surface area contributed by atoms with Crippen molar-refractivity contribution in [2.75, 3.05) is 7.11 Å². The second-order valence-electron chi connectivity index (χ2n) is 4.25. The van der Waals surface area contributed by atoms with Gasteiger partial charge in [-0.05, 0) is 40.2 Å². The molecule has 22 heavy (non-hydrogen) atoms. The minimum absolute atomic E-state index is 0.124. The van der Waals surface area contributed by atoms with E-state index in [1.807, 2.05) is 0 Å². The summed E-state index contributed by atoms with van der Waals surface area (Å²) in [6, 6.07) is 6.65. The number of phenols is 1. The maximum absolute atomic E-state index is 14.3. The van der Waals surface area contributed by atoms with Crippen molar-refractivity contribution in [3.63, 3.8) is 0 Å². The molecule has 0 amide bonds. The number of hydrogen-bond donors (Lipinski definition) is 2. The van der Waals surface area contributed by atoms with Gasteiger partial charge in [0.05, 0.1) is 23.9 Å². The predicted molar refractivity (Wildman–Crippen MR) is 82.5 cm³/mol. The van der Waals surface area contributed by atoms with Crippen LogP contribution in [0.2, 0.25) is 0 Å². The average Bonchev–Trinajstić information content (AvgIpc) is 2.49. The zero-order valence-electron chi connectivity index (χ0n) is 11.4. The normalized spacial score (nSPS) is 11.3. The van der Waals surface area contributed by atoms with Gasteiger partial charge in [-0.25, -0.2) is 14.2 Å². The van der Waals surface area contributed by atoms with E-state index in [9.17, 15) is 14.3 Å². The van der Waals surface area contributed by atoms with Crippen molar-refractivity contribution in [1.82, 2.24) is 4.98 Å². The van der Waals surface area contributed by atoms with E-state index in [0.29, 0.717) is 10.4 Å². The van der Waals surface area contributed by atoms with Crippen LogP contribution in [0, 0.1) is 0 Å². The Morgan fingerprint density at radius 2 is 2.09 bits per heavy atom. The largest absolute Gasteiger partial charge is 0.507 e. The lowest BCUT2D eigenvalue weighted by atomic mass is 10.1. The van der Waals surface area contributed by atoms with Gasteiger partial charge in [-0.1, -0.05) is 0 Å². The van der Waals surface area contributed by atoms with Gasteiger partial charge in [0.25, 0.3) is 0 Å². The highest BCUT2D eigenvalue weighted by molar-refractivity contribution is 9.10. The first kappa shape index (κ1) is 16.0. The number of rotatable bonds is 4. The van der Waals surface area contributed by atoms with Crippen LogP contribution in [0.3, 0.4) is 0 Å². The second-order valence-corrected chi connectivity index (χ2v) is 5.10. The second kappa shape index (κ2) is 6.57. The molecule has 0 aliphatic heterocycles. The van der Waals surface area contributed by atoms with Crippen LogP contribution in [0.5, 0.6) is 11.6 Å². The fraction of sp³-hybridized carbons (Fsp3) is 0.0667. The quantitative estimate of drug-likeness (QED) is 0.860. The molecule has 2 rings (SSSR count). The number of nitrogens with zero attached hydrogens (tertiary/aromatic N) is 1. The summed E-state index contributed by atoms with van der Waals surface area (Å²) in [5, 5.41) is 18.6. The number of methoxy groups -OCH3 is 1. The molecule has 0 radical (unpaired) electrons. The van der Waals surface area contributed by atoms with Crippen molar-refractivity contribution < 1.29 is 24.1 Å². The molecule has 0 unspecified atom stereocenters. The van der Waals surface area contributed by atoms with E-state index >= 15 is 0 Å². The molecule has 1 aromatic carbocycles. The Morgan fingerprint density at radius 1 is 1.36 bits per heavy atom. The molecule has 0 aliphatic carbocycles. The number of aromatic hydroxyl groups is 1. The van der Waals surface area contributed by atoms with Crippen LogP contribution < -0.4 is 4.74 Å². The first-order chi connectivity index (χ1) is 10.4. The summed E-state index contributed by atoms with van der Waals surface area (Å²) in [5.74, 6) is -2.11. The summed E-state index contributed by atoms with van der Waals surface area (Å²) in [7, 11) is 1.44. The Hall–Kier alpha value is -2.41. The van der Waals surface area contributed by atoms with Crippen molar-refractivity contribution in [3.8, 4) is 11.6 Å². The van der Waals surface area contributed by atoms with E-state index < -0.39 is 17.5 Å². The number of carbonyl (C=O) groups is 1. The third-order valence-electron chi connectivity index (χ3n) is 2.82. The monoisotopic (exact) mass is 367 g/mol. The molecular formula is C15H11BrFNO4. The standard InChI is InChI=1S/C15H11BrFNO4/c1-22-14-5-4-10(16)12(18-14)7-11(17)9-3-2-8(15(20)21)6-13(9)19/h2-7,19H,1H3,(H,20,21). The lowest BCUT2D eigenvalue weighted by molar-refractivity contribution is 0.0696. The van der Waals surface area contributed by atoms with Gasteiger partial charge >= 0.3 is 5.97 Å². The third-order valence-corrected chi connectivity index (χ3v) is 3.49. The molecule has 1 heterocycles. The lowest BCUT2D eigenvalue weighted by Crippen LogP contribution is -1.96. The third kappa shape index (κ3) is 3.43. The minimum Gasteiger partial charge on any atom is -0.507 e. The fourth-order valence-corrected chi connectivity index (χ4v) is 2.05. The van der Waals surface area contributed by atoms with Crippen LogP contribution in [-0.2, 0) is 0 Å². The van der Waals surface area contributed by atoms with Crippen molar-refractivity contribution in [2.24, 2.45) is 0 Å². The molecule has 2 N–H and O–H groups in total. The SMILES string of the molecule is COc1ccc(Br)c(C=C(F)c2ccc(C(=O)O)cc2O)n1. The molecule has 2 aromatic rings. The molecular weight excluding hydrogens is 357 g/mol. The smallest absolute Gasteiger partial charge is 0.335 e. The van der Waals surface area contributed by atoms with E-state index in [1.165, 1.54) is 19.2 Å². The van der Waals surface area contributed by atoms with Gasteiger partial charge in [0.15, 0.2) is 0 Å². The van der Waals surface area contributed by atoms with Crippen LogP contribution in [0.1, 0.15) is 21.6 Å². The maximum atomic E-state index is 14.3. The van der Waals surface area contributed by atoms with Gasteiger partial charge in [-0.3, -0.25) is 0 Å². The number of pyridine rings is 1. The number of aromatic carboxylic acids is 1. The fourth-order valence-electron chi connectivity index (χ4n) is 1.72. The highest BCUT2D eigenvalue weighted by Gasteiger charge is 2.12. The summed E-state index contributed by atoms with van der Waals surface area (Å²) in [6.07, 6.45) is 1.11. The number of ether oxygens (including phenoxy) is 1. The van der Waals surface area contributed by atoms with Gasteiger partial charge in [-0.15, -0.1) is 0 Å². The highest BCUT2D eigenvalue weighted by Crippen LogP contribution is 2.30. The first-order valence-corrected chi connectivity index (χ1v) is 6.86. The molecule has 0 atom stereocenters. The number of phenolic OH excluding ortho intramolecular Hbond substituents is 1.